The molecule has 0 radical (unpaired) electrons. The van der Waals surface area contributed by atoms with E-state index in [2.05, 4.69) is 21.8 Å². The molecule has 0 spiro atoms. The van der Waals surface area contributed by atoms with Crippen LogP contribution in [0, 0.1) is 5.92 Å². The van der Waals surface area contributed by atoms with E-state index in [0.717, 1.165) is 25.2 Å². The molecule has 1 fully saturated rings. The first kappa shape index (κ1) is 9.55. The first-order valence-electron chi connectivity index (χ1n) is 4.97. The van der Waals surface area contributed by atoms with Crippen LogP contribution in [0.2, 0.25) is 0 Å². The minimum atomic E-state index is 0.319. The summed E-state index contributed by atoms with van der Waals surface area (Å²) in [5.74, 6) is 0.597. The van der Waals surface area contributed by atoms with Gasteiger partial charge in [-0.3, -0.25) is 4.90 Å². The minimum Gasteiger partial charge on any atom is -0.326 e. The average molecular weight is 192 g/mol. The van der Waals surface area contributed by atoms with Gasteiger partial charge >= 0.3 is 0 Å². The summed E-state index contributed by atoms with van der Waals surface area (Å²) >= 11 is 0. The molecule has 0 aromatic carbocycles. The van der Waals surface area contributed by atoms with Gasteiger partial charge in [-0.25, -0.2) is 9.97 Å². The van der Waals surface area contributed by atoms with Crippen LogP contribution in [-0.2, 0) is 6.54 Å². The summed E-state index contributed by atoms with van der Waals surface area (Å²) in [6, 6.07) is 0.319. The fraction of sp³-hybridized carbons (Fsp3) is 0.600. The van der Waals surface area contributed by atoms with E-state index in [4.69, 9.17) is 5.73 Å². The first-order chi connectivity index (χ1) is 6.75. The Balaban J connectivity index is 1.94. The fourth-order valence-corrected chi connectivity index (χ4v) is 1.89. The standard InChI is InChI=1S/C10H16N4/c1-8-4-14(6-10(8)11)5-9-2-12-7-13-3-9/h2-3,7-8,10H,4-6,11H2,1H3. The van der Waals surface area contributed by atoms with Crippen LogP contribution in [0.5, 0.6) is 0 Å². The number of aromatic nitrogens is 2. The van der Waals surface area contributed by atoms with Gasteiger partial charge in [0.2, 0.25) is 0 Å². The number of likely N-dealkylation sites (tertiary alicyclic amines) is 1. The number of hydrogen-bond acceptors (Lipinski definition) is 4. The maximum atomic E-state index is 5.95. The molecular formula is C10H16N4. The predicted molar refractivity (Wildman–Crippen MR) is 54.4 cm³/mol. The second-order valence-corrected chi connectivity index (χ2v) is 4.08. The van der Waals surface area contributed by atoms with Gasteiger partial charge in [0, 0.05) is 43.6 Å². The molecule has 1 aliphatic heterocycles. The summed E-state index contributed by atoms with van der Waals surface area (Å²) in [7, 11) is 0. The monoisotopic (exact) mass is 192 g/mol. The van der Waals surface area contributed by atoms with Crippen molar-refractivity contribution in [2.24, 2.45) is 11.7 Å². The lowest BCUT2D eigenvalue weighted by atomic mass is 10.1. The zero-order chi connectivity index (χ0) is 9.97. The molecule has 1 saturated heterocycles. The zero-order valence-electron chi connectivity index (χ0n) is 8.43. The van der Waals surface area contributed by atoms with Crippen molar-refractivity contribution in [3.8, 4) is 0 Å². The molecule has 2 heterocycles. The molecule has 76 valence electrons. The van der Waals surface area contributed by atoms with Gasteiger partial charge in [0.1, 0.15) is 6.33 Å². The summed E-state index contributed by atoms with van der Waals surface area (Å²) in [6.45, 7) is 5.18. The van der Waals surface area contributed by atoms with Crippen LogP contribution in [0.4, 0.5) is 0 Å². The molecule has 2 N–H and O–H groups in total. The van der Waals surface area contributed by atoms with Gasteiger partial charge in [0.15, 0.2) is 0 Å². The maximum Gasteiger partial charge on any atom is 0.115 e. The Hall–Kier alpha value is -1.00. The highest BCUT2D eigenvalue weighted by molar-refractivity contribution is 5.03. The molecule has 4 heteroatoms. The molecule has 2 unspecified atom stereocenters. The van der Waals surface area contributed by atoms with Crippen LogP contribution in [0.3, 0.4) is 0 Å². The number of nitrogens with two attached hydrogens (primary N) is 1. The second-order valence-electron chi connectivity index (χ2n) is 4.08. The molecular weight excluding hydrogens is 176 g/mol. The smallest absolute Gasteiger partial charge is 0.115 e. The lowest BCUT2D eigenvalue weighted by Gasteiger charge is -2.14. The quantitative estimate of drug-likeness (QED) is 0.730. The summed E-state index contributed by atoms with van der Waals surface area (Å²) in [5, 5.41) is 0. The molecule has 2 atom stereocenters. The molecule has 0 amide bonds. The summed E-state index contributed by atoms with van der Waals surface area (Å²) in [5.41, 5.74) is 7.11. The second kappa shape index (κ2) is 4.02. The first-order valence-corrected chi connectivity index (χ1v) is 4.97. The molecule has 1 aliphatic rings. The SMILES string of the molecule is CC1CN(Cc2cncnc2)CC1N. The van der Waals surface area contributed by atoms with Gasteiger partial charge in [-0.1, -0.05) is 6.92 Å². The minimum absolute atomic E-state index is 0.319. The molecule has 1 aromatic rings. The van der Waals surface area contributed by atoms with Gasteiger partial charge in [-0.15, -0.1) is 0 Å². The van der Waals surface area contributed by atoms with E-state index in [9.17, 15) is 0 Å². The Bertz CT molecular complexity index is 277. The number of hydrogen-bond donors (Lipinski definition) is 1. The Morgan fingerprint density at radius 1 is 1.43 bits per heavy atom. The summed E-state index contributed by atoms with van der Waals surface area (Å²) < 4.78 is 0. The molecule has 0 bridgehead atoms. The molecule has 14 heavy (non-hydrogen) atoms. The van der Waals surface area contributed by atoms with Crippen LogP contribution in [0.1, 0.15) is 12.5 Å². The van der Waals surface area contributed by atoms with Crippen molar-refractivity contribution in [3.63, 3.8) is 0 Å². The van der Waals surface area contributed by atoms with Gasteiger partial charge in [-0.2, -0.15) is 0 Å². The molecule has 1 aromatic heterocycles. The normalized spacial score (nSPS) is 28.1. The third-order valence-electron chi connectivity index (χ3n) is 2.77. The Morgan fingerprint density at radius 3 is 2.71 bits per heavy atom. The Labute approximate surface area is 84.2 Å². The number of rotatable bonds is 2. The van der Waals surface area contributed by atoms with E-state index < -0.39 is 0 Å². The predicted octanol–water partition coefficient (Wildman–Crippen LogP) is 0.256. The van der Waals surface area contributed by atoms with E-state index in [1.54, 1.807) is 6.33 Å². The molecule has 0 saturated carbocycles. The third-order valence-corrected chi connectivity index (χ3v) is 2.77. The van der Waals surface area contributed by atoms with Gasteiger partial charge in [0.25, 0.3) is 0 Å². The van der Waals surface area contributed by atoms with Crippen LogP contribution in [0.15, 0.2) is 18.7 Å². The highest BCUT2D eigenvalue weighted by Gasteiger charge is 2.26. The van der Waals surface area contributed by atoms with E-state index in [1.165, 1.54) is 0 Å². The lowest BCUT2D eigenvalue weighted by molar-refractivity contribution is 0.318. The van der Waals surface area contributed by atoms with E-state index in [-0.39, 0.29) is 0 Å². The summed E-state index contributed by atoms with van der Waals surface area (Å²) in [6.07, 6.45) is 5.28. The maximum absolute atomic E-state index is 5.95. The topological polar surface area (TPSA) is 55.0 Å². The lowest BCUT2D eigenvalue weighted by Crippen LogP contribution is -2.28. The van der Waals surface area contributed by atoms with Crippen molar-refractivity contribution in [2.75, 3.05) is 13.1 Å². The van der Waals surface area contributed by atoms with Crippen molar-refractivity contribution in [1.82, 2.24) is 14.9 Å². The Kier molecular flexibility index (Phi) is 2.74. The molecule has 2 rings (SSSR count). The van der Waals surface area contributed by atoms with Crippen LogP contribution in [0.25, 0.3) is 0 Å². The van der Waals surface area contributed by atoms with Crippen molar-refractivity contribution in [1.29, 1.82) is 0 Å². The van der Waals surface area contributed by atoms with Crippen molar-refractivity contribution in [2.45, 2.75) is 19.5 Å². The number of nitrogens with zero attached hydrogens (tertiary/aromatic N) is 3. The van der Waals surface area contributed by atoms with Crippen LogP contribution < -0.4 is 5.73 Å². The van der Waals surface area contributed by atoms with Crippen molar-refractivity contribution >= 4 is 0 Å². The average Bonchev–Trinajstić information content (AvgIpc) is 2.47. The van der Waals surface area contributed by atoms with E-state index in [1.807, 2.05) is 12.4 Å². The third kappa shape index (κ3) is 2.08. The van der Waals surface area contributed by atoms with Crippen LogP contribution in [-0.4, -0.2) is 34.0 Å². The molecule has 4 nitrogen and oxygen atoms in total. The largest absolute Gasteiger partial charge is 0.326 e. The van der Waals surface area contributed by atoms with Crippen LogP contribution >= 0.6 is 0 Å². The van der Waals surface area contributed by atoms with Gasteiger partial charge < -0.3 is 5.73 Å². The van der Waals surface area contributed by atoms with E-state index >= 15 is 0 Å². The van der Waals surface area contributed by atoms with Gasteiger partial charge in [0.05, 0.1) is 0 Å². The summed E-state index contributed by atoms with van der Waals surface area (Å²) in [4.78, 5) is 10.3. The highest BCUT2D eigenvalue weighted by Crippen LogP contribution is 2.16. The van der Waals surface area contributed by atoms with Crippen molar-refractivity contribution in [3.05, 3.63) is 24.3 Å². The zero-order valence-corrected chi connectivity index (χ0v) is 8.43. The molecule has 0 aliphatic carbocycles. The fourth-order valence-electron chi connectivity index (χ4n) is 1.89. The van der Waals surface area contributed by atoms with E-state index in [0.29, 0.717) is 12.0 Å². The highest BCUT2D eigenvalue weighted by atomic mass is 15.2. The van der Waals surface area contributed by atoms with Gasteiger partial charge in [-0.05, 0) is 5.92 Å². The van der Waals surface area contributed by atoms with Crippen molar-refractivity contribution < 1.29 is 0 Å². The Morgan fingerprint density at radius 2 is 2.14 bits per heavy atom.